The molecule has 0 bridgehead atoms. The van der Waals surface area contributed by atoms with Crippen molar-refractivity contribution in [3.8, 4) is 0 Å². The molecule has 1 amide bonds. The van der Waals surface area contributed by atoms with Crippen LogP contribution in [0.2, 0.25) is 0 Å². The fourth-order valence-corrected chi connectivity index (χ4v) is 1.17. The zero-order valence-electron chi connectivity index (χ0n) is 10.5. The Morgan fingerprint density at radius 2 is 1.88 bits per heavy atom. The zero-order valence-corrected chi connectivity index (χ0v) is 11.4. The highest BCUT2D eigenvalue weighted by Gasteiger charge is 2.20. The molecule has 0 aromatic rings. The van der Waals surface area contributed by atoms with Crippen LogP contribution in [0.1, 0.15) is 40.0 Å². The van der Waals surface area contributed by atoms with Gasteiger partial charge < -0.3 is 15.8 Å². The number of nitrogens with two attached hydrogens (primary N) is 1. The summed E-state index contributed by atoms with van der Waals surface area (Å²) in [7, 11) is 0. The third kappa shape index (κ3) is 7.91. The molecule has 0 spiro atoms. The van der Waals surface area contributed by atoms with Gasteiger partial charge in [0.2, 0.25) is 5.91 Å². The summed E-state index contributed by atoms with van der Waals surface area (Å²) >= 11 is 0. The fourth-order valence-electron chi connectivity index (χ4n) is 1.17. The van der Waals surface area contributed by atoms with Gasteiger partial charge in [0.15, 0.2) is 0 Å². The first kappa shape index (κ1) is 18.1. The third-order valence-electron chi connectivity index (χ3n) is 2.72. The summed E-state index contributed by atoms with van der Waals surface area (Å²) in [5.74, 6) is 0.0141. The van der Waals surface area contributed by atoms with E-state index < -0.39 is 0 Å². The van der Waals surface area contributed by atoms with E-state index in [9.17, 15) is 4.79 Å². The van der Waals surface area contributed by atoms with Gasteiger partial charge in [-0.25, -0.2) is 0 Å². The quantitative estimate of drug-likeness (QED) is 0.643. The van der Waals surface area contributed by atoms with Crippen molar-refractivity contribution < 1.29 is 9.53 Å². The highest BCUT2D eigenvalue weighted by Crippen LogP contribution is 2.09. The first-order chi connectivity index (χ1) is 7.08. The normalized spacial score (nSPS) is 10.8. The molecule has 98 valence electrons. The van der Waals surface area contributed by atoms with E-state index in [1.165, 1.54) is 0 Å². The maximum Gasteiger partial charge on any atom is 0.222 e. The Morgan fingerprint density at radius 3 is 2.31 bits per heavy atom. The van der Waals surface area contributed by atoms with Crippen molar-refractivity contribution in [2.75, 3.05) is 19.8 Å². The maximum absolute atomic E-state index is 11.3. The summed E-state index contributed by atoms with van der Waals surface area (Å²) in [5, 5.41) is 2.84. The second-order valence-corrected chi connectivity index (χ2v) is 3.79. The van der Waals surface area contributed by atoms with Crippen LogP contribution in [-0.2, 0) is 9.53 Å². The molecule has 0 aliphatic heterocycles. The van der Waals surface area contributed by atoms with Crippen molar-refractivity contribution in [2.24, 2.45) is 5.73 Å². The Labute approximate surface area is 105 Å². The second-order valence-electron chi connectivity index (χ2n) is 3.79. The Morgan fingerprint density at radius 1 is 1.31 bits per heavy atom. The molecular formula is C11H25ClN2O2. The van der Waals surface area contributed by atoms with Gasteiger partial charge in [0.05, 0.1) is 6.61 Å². The van der Waals surface area contributed by atoms with Crippen LogP contribution in [0.4, 0.5) is 0 Å². The number of rotatable bonds is 8. The highest BCUT2D eigenvalue weighted by molar-refractivity contribution is 5.85. The minimum Gasteiger partial charge on any atom is -0.381 e. The van der Waals surface area contributed by atoms with Crippen molar-refractivity contribution in [3.63, 3.8) is 0 Å². The van der Waals surface area contributed by atoms with Crippen molar-refractivity contribution in [1.82, 2.24) is 5.32 Å². The minimum atomic E-state index is -0.263. The molecule has 5 heteroatoms. The molecule has 0 fully saturated rings. The molecule has 0 aliphatic rings. The number of hydrogen-bond donors (Lipinski definition) is 2. The van der Waals surface area contributed by atoms with Gasteiger partial charge in [-0.2, -0.15) is 0 Å². The van der Waals surface area contributed by atoms with Crippen LogP contribution in [-0.4, -0.2) is 31.2 Å². The van der Waals surface area contributed by atoms with Crippen LogP contribution in [0.5, 0.6) is 0 Å². The molecule has 0 aromatic carbocycles. The number of hydrogen-bond acceptors (Lipinski definition) is 3. The molecular weight excluding hydrogens is 228 g/mol. The molecule has 0 saturated carbocycles. The fraction of sp³-hybridized carbons (Fsp3) is 0.909. The van der Waals surface area contributed by atoms with Gasteiger partial charge in [-0.3, -0.25) is 4.79 Å². The van der Waals surface area contributed by atoms with Gasteiger partial charge in [-0.05, 0) is 19.8 Å². The summed E-state index contributed by atoms with van der Waals surface area (Å²) in [6.07, 6.45) is 2.15. The van der Waals surface area contributed by atoms with Crippen LogP contribution < -0.4 is 11.1 Å². The first-order valence-corrected chi connectivity index (χ1v) is 5.71. The van der Waals surface area contributed by atoms with Crippen LogP contribution in [0.25, 0.3) is 0 Å². The molecule has 4 nitrogen and oxygen atoms in total. The zero-order chi connectivity index (χ0) is 11.7. The number of amides is 1. The second kappa shape index (κ2) is 9.87. The lowest BCUT2D eigenvalue weighted by Crippen LogP contribution is -2.49. The van der Waals surface area contributed by atoms with Crippen molar-refractivity contribution in [1.29, 1.82) is 0 Å². The number of carbonyl (C=O) groups is 1. The molecule has 0 unspecified atom stereocenters. The Bertz CT molecular complexity index is 185. The largest absolute Gasteiger partial charge is 0.381 e. The smallest absolute Gasteiger partial charge is 0.222 e. The Balaban J connectivity index is 0. The lowest BCUT2D eigenvalue weighted by molar-refractivity contribution is -0.122. The lowest BCUT2D eigenvalue weighted by atomic mass is 9.94. The molecule has 0 rings (SSSR count). The van der Waals surface area contributed by atoms with E-state index in [2.05, 4.69) is 5.32 Å². The predicted molar refractivity (Wildman–Crippen MR) is 68.9 cm³/mol. The average Bonchev–Trinajstić information content (AvgIpc) is 2.26. The number of nitrogens with one attached hydrogen (secondary N) is 1. The summed E-state index contributed by atoms with van der Waals surface area (Å²) in [4.78, 5) is 11.3. The predicted octanol–water partition coefficient (Wildman–Crippen LogP) is 1.47. The van der Waals surface area contributed by atoms with E-state index in [1.807, 2.05) is 20.8 Å². The lowest BCUT2D eigenvalue weighted by Gasteiger charge is -2.26. The van der Waals surface area contributed by atoms with Gasteiger partial charge in [0, 0.05) is 25.1 Å². The summed E-state index contributed by atoms with van der Waals surface area (Å²) < 4.78 is 5.10. The third-order valence-corrected chi connectivity index (χ3v) is 2.72. The van der Waals surface area contributed by atoms with Gasteiger partial charge in [-0.15, -0.1) is 12.4 Å². The molecule has 0 heterocycles. The summed E-state index contributed by atoms with van der Waals surface area (Å²) in [5.41, 5.74) is 5.79. The van der Waals surface area contributed by atoms with E-state index >= 15 is 0 Å². The van der Waals surface area contributed by atoms with Crippen LogP contribution >= 0.6 is 12.4 Å². The van der Waals surface area contributed by atoms with Crippen LogP contribution in [0, 0.1) is 0 Å². The van der Waals surface area contributed by atoms with E-state index in [4.69, 9.17) is 10.5 Å². The van der Waals surface area contributed by atoms with Crippen molar-refractivity contribution >= 4 is 18.3 Å². The standard InChI is InChI=1S/C11H24N2O2.ClH/c1-4-11(12,5-2)9-13-10(14)7-8-15-6-3;/h4-9,12H2,1-3H3,(H,13,14);1H. The molecule has 16 heavy (non-hydrogen) atoms. The maximum atomic E-state index is 11.3. The molecule has 0 atom stereocenters. The molecule has 0 radical (unpaired) electrons. The van der Waals surface area contributed by atoms with Crippen molar-refractivity contribution in [2.45, 2.75) is 45.6 Å². The summed E-state index contributed by atoms with van der Waals surface area (Å²) in [6.45, 7) is 7.67. The molecule has 3 N–H and O–H groups in total. The SMILES string of the molecule is CCOCCC(=O)NCC(N)(CC)CC.Cl. The van der Waals surface area contributed by atoms with Gasteiger partial charge >= 0.3 is 0 Å². The molecule has 0 aliphatic carbocycles. The van der Waals surface area contributed by atoms with E-state index in [0.29, 0.717) is 26.2 Å². The van der Waals surface area contributed by atoms with Crippen LogP contribution in [0.15, 0.2) is 0 Å². The van der Waals surface area contributed by atoms with E-state index in [0.717, 1.165) is 12.8 Å². The summed E-state index contributed by atoms with van der Waals surface area (Å²) in [6, 6.07) is 0. The average molecular weight is 253 g/mol. The van der Waals surface area contributed by atoms with Crippen molar-refractivity contribution in [3.05, 3.63) is 0 Å². The number of carbonyl (C=O) groups excluding carboxylic acids is 1. The van der Waals surface area contributed by atoms with E-state index in [-0.39, 0.29) is 23.9 Å². The minimum absolute atomic E-state index is 0. The first-order valence-electron chi connectivity index (χ1n) is 5.71. The monoisotopic (exact) mass is 252 g/mol. The van der Waals surface area contributed by atoms with Gasteiger partial charge in [-0.1, -0.05) is 13.8 Å². The number of ether oxygens (including phenoxy) is 1. The van der Waals surface area contributed by atoms with Crippen LogP contribution in [0.3, 0.4) is 0 Å². The molecule has 0 saturated heterocycles. The number of halogens is 1. The Kier molecular flexibility index (Phi) is 11.1. The van der Waals surface area contributed by atoms with E-state index in [1.54, 1.807) is 0 Å². The Hall–Kier alpha value is -0.320. The van der Waals surface area contributed by atoms with Gasteiger partial charge in [0.1, 0.15) is 0 Å². The highest BCUT2D eigenvalue weighted by atomic mass is 35.5. The van der Waals surface area contributed by atoms with Gasteiger partial charge in [0.25, 0.3) is 0 Å². The topological polar surface area (TPSA) is 64.3 Å². The molecule has 0 aromatic heterocycles.